The lowest BCUT2D eigenvalue weighted by atomic mass is 10.2. The van der Waals surface area contributed by atoms with E-state index in [1.165, 1.54) is 11.8 Å². The molecule has 2 aromatic rings. The monoisotopic (exact) mass is 271 g/mol. The molecule has 0 saturated carbocycles. The van der Waals surface area contributed by atoms with Gasteiger partial charge >= 0.3 is 5.97 Å². The summed E-state index contributed by atoms with van der Waals surface area (Å²) in [7, 11) is 0. The number of hydrogen-bond acceptors (Lipinski definition) is 4. The van der Waals surface area contributed by atoms with E-state index in [0.29, 0.717) is 6.61 Å². The molecule has 0 aromatic heterocycles. The van der Waals surface area contributed by atoms with Crippen LogP contribution in [0.1, 0.15) is 12.5 Å². The maximum Gasteiger partial charge on any atom is 0.302 e. The molecule has 2 aromatic carbocycles. The summed E-state index contributed by atoms with van der Waals surface area (Å²) < 4.78 is 5.02. The molecular formula is C15H13NO2S. The molecule has 96 valence electrons. The second-order valence-corrected chi connectivity index (χ2v) is 5.42. The molecule has 0 saturated heterocycles. The van der Waals surface area contributed by atoms with Gasteiger partial charge in [0.05, 0.1) is 11.4 Å². The minimum absolute atomic E-state index is 0.256. The van der Waals surface area contributed by atoms with Crippen LogP contribution in [0.3, 0.4) is 0 Å². The van der Waals surface area contributed by atoms with Gasteiger partial charge in [0, 0.05) is 16.7 Å². The standard InChI is InChI=1S/C15H13NO2S/c1-10(17)18-9-11-6-7-13-15(8-11)19-14-5-3-2-4-12(14)16-13/h2-8,16H,9H2,1H3. The van der Waals surface area contributed by atoms with Gasteiger partial charge in [0.15, 0.2) is 0 Å². The molecule has 0 fully saturated rings. The van der Waals surface area contributed by atoms with Crippen molar-refractivity contribution in [3.8, 4) is 0 Å². The maximum absolute atomic E-state index is 10.8. The second-order valence-electron chi connectivity index (χ2n) is 4.33. The fraction of sp³-hybridized carbons (Fsp3) is 0.133. The highest BCUT2D eigenvalue weighted by Crippen LogP contribution is 2.44. The molecule has 0 unspecified atom stereocenters. The van der Waals surface area contributed by atoms with Crippen molar-refractivity contribution < 1.29 is 9.53 Å². The van der Waals surface area contributed by atoms with Crippen molar-refractivity contribution in [3.63, 3.8) is 0 Å². The predicted octanol–water partition coefficient (Wildman–Crippen LogP) is 3.96. The van der Waals surface area contributed by atoms with Gasteiger partial charge in [-0.15, -0.1) is 0 Å². The third-order valence-corrected chi connectivity index (χ3v) is 4.00. The average Bonchev–Trinajstić information content (AvgIpc) is 2.42. The molecule has 3 nitrogen and oxygen atoms in total. The SMILES string of the molecule is CC(=O)OCc1ccc2c(c1)Sc1ccccc1N2. The Bertz CT molecular complexity index is 640. The topological polar surface area (TPSA) is 38.3 Å². The van der Waals surface area contributed by atoms with E-state index >= 15 is 0 Å². The van der Waals surface area contributed by atoms with Crippen LogP contribution in [-0.2, 0) is 16.1 Å². The minimum atomic E-state index is -0.256. The Hall–Kier alpha value is -1.94. The molecular weight excluding hydrogens is 258 g/mol. The van der Waals surface area contributed by atoms with Crippen LogP contribution in [0, 0.1) is 0 Å². The molecule has 1 N–H and O–H groups in total. The van der Waals surface area contributed by atoms with E-state index in [0.717, 1.165) is 21.8 Å². The summed E-state index contributed by atoms with van der Waals surface area (Å²) >= 11 is 1.73. The lowest BCUT2D eigenvalue weighted by Crippen LogP contribution is -2.02. The summed E-state index contributed by atoms with van der Waals surface area (Å²) in [6, 6.07) is 14.3. The molecule has 0 aliphatic carbocycles. The lowest BCUT2D eigenvalue weighted by molar-refractivity contribution is -0.142. The predicted molar refractivity (Wildman–Crippen MR) is 75.8 cm³/mol. The van der Waals surface area contributed by atoms with Crippen LogP contribution in [0.2, 0.25) is 0 Å². The van der Waals surface area contributed by atoms with Crippen LogP contribution in [0.25, 0.3) is 0 Å². The first kappa shape index (κ1) is 12.1. The quantitative estimate of drug-likeness (QED) is 0.716. The van der Waals surface area contributed by atoms with Gasteiger partial charge in [-0.3, -0.25) is 4.79 Å². The Morgan fingerprint density at radius 1 is 1.16 bits per heavy atom. The second kappa shape index (κ2) is 4.97. The largest absolute Gasteiger partial charge is 0.461 e. The maximum atomic E-state index is 10.8. The van der Waals surface area contributed by atoms with Gasteiger partial charge in [-0.2, -0.15) is 0 Å². The summed E-state index contributed by atoms with van der Waals surface area (Å²) in [5.74, 6) is -0.256. The summed E-state index contributed by atoms with van der Waals surface area (Å²) in [4.78, 5) is 13.2. The molecule has 19 heavy (non-hydrogen) atoms. The van der Waals surface area contributed by atoms with Crippen molar-refractivity contribution in [1.29, 1.82) is 0 Å². The number of carbonyl (C=O) groups is 1. The molecule has 1 aliphatic rings. The van der Waals surface area contributed by atoms with Crippen molar-refractivity contribution in [3.05, 3.63) is 48.0 Å². The third kappa shape index (κ3) is 2.58. The van der Waals surface area contributed by atoms with E-state index in [-0.39, 0.29) is 5.97 Å². The number of para-hydroxylation sites is 1. The summed E-state index contributed by atoms with van der Waals surface area (Å²) in [6.45, 7) is 1.75. The zero-order chi connectivity index (χ0) is 13.2. The zero-order valence-corrected chi connectivity index (χ0v) is 11.3. The molecule has 0 spiro atoms. The van der Waals surface area contributed by atoms with E-state index in [1.54, 1.807) is 11.8 Å². The van der Waals surface area contributed by atoms with Crippen LogP contribution in [0.5, 0.6) is 0 Å². The van der Waals surface area contributed by atoms with Gasteiger partial charge in [0.1, 0.15) is 6.61 Å². The molecule has 0 radical (unpaired) electrons. The van der Waals surface area contributed by atoms with E-state index in [4.69, 9.17) is 4.74 Å². The van der Waals surface area contributed by atoms with Gasteiger partial charge in [-0.25, -0.2) is 0 Å². The zero-order valence-electron chi connectivity index (χ0n) is 10.5. The minimum Gasteiger partial charge on any atom is -0.461 e. The Labute approximate surface area is 116 Å². The highest BCUT2D eigenvalue weighted by molar-refractivity contribution is 7.99. The molecule has 3 rings (SSSR count). The number of esters is 1. The Kier molecular flexibility index (Phi) is 3.17. The number of anilines is 2. The summed E-state index contributed by atoms with van der Waals surface area (Å²) in [6.07, 6.45) is 0. The first-order valence-corrected chi connectivity index (χ1v) is 6.84. The normalized spacial score (nSPS) is 12.1. The first-order valence-electron chi connectivity index (χ1n) is 6.02. The Morgan fingerprint density at radius 3 is 2.79 bits per heavy atom. The van der Waals surface area contributed by atoms with Crippen LogP contribution in [0.15, 0.2) is 52.3 Å². The number of hydrogen-bond donors (Lipinski definition) is 1. The van der Waals surface area contributed by atoms with Gasteiger partial charge in [0.25, 0.3) is 0 Å². The van der Waals surface area contributed by atoms with Crippen LogP contribution in [0.4, 0.5) is 11.4 Å². The number of benzene rings is 2. The van der Waals surface area contributed by atoms with E-state index in [9.17, 15) is 4.79 Å². The van der Waals surface area contributed by atoms with Crippen molar-refractivity contribution in [2.45, 2.75) is 23.3 Å². The molecule has 0 amide bonds. The van der Waals surface area contributed by atoms with Crippen molar-refractivity contribution in [2.24, 2.45) is 0 Å². The number of fused-ring (bicyclic) bond motifs is 2. The fourth-order valence-electron chi connectivity index (χ4n) is 1.95. The Morgan fingerprint density at radius 2 is 1.95 bits per heavy atom. The van der Waals surface area contributed by atoms with E-state index in [2.05, 4.69) is 23.5 Å². The number of ether oxygens (including phenoxy) is 1. The van der Waals surface area contributed by atoms with Gasteiger partial charge < -0.3 is 10.1 Å². The van der Waals surface area contributed by atoms with Crippen molar-refractivity contribution in [2.75, 3.05) is 5.32 Å². The van der Waals surface area contributed by atoms with Crippen LogP contribution >= 0.6 is 11.8 Å². The van der Waals surface area contributed by atoms with E-state index < -0.39 is 0 Å². The van der Waals surface area contributed by atoms with E-state index in [1.807, 2.05) is 24.3 Å². The summed E-state index contributed by atoms with van der Waals surface area (Å²) in [5.41, 5.74) is 3.23. The number of nitrogens with one attached hydrogen (secondary N) is 1. The average molecular weight is 271 g/mol. The lowest BCUT2D eigenvalue weighted by Gasteiger charge is -2.21. The highest BCUT2D eigenvalue weighted by atomic mass is 32.2. The molecule has 0 atom stereocenters. The first-order chi connectivity index (χ1) is 9.22. The molecule has 0 bridgehead atoms. The molecule has 4 heteroatoms. The van der Waals surface area contributed by atoms with Gasteiger partial charge in [0.2, 0.25) is 0 Å². The highest BCUT2D eigenvalue weighted by Gasteiger charge is 2.15. The number of rotatable bonds is 2. The van der Waals surface area contributed by atoms with Gasteiger partial charge in [-0.05, 0) is 29.8 Å². The van der Waals surface area contributed by atoms with Crippen LogP contribution in [-0.4, -0.2) is 5.97 Å². The number of carbonyl (C=O) groups excluding carboxylic acids is 1. The smallest absolute Gasteiger partial charge is 0.302 e. The Balaban J connectivity index is 1.85. The van der Waals surface area contributed by atoms with Crippen molar-refractivity contribution >= 4 is 29.1 Å². The van der Waals surface area contributed by atoms with Gasteiger partial charge in [-0.1, -0.05) is 30.0 Å². The van der Waals surface area contributed by atoms with Crippen LogP contribution < -0.4 is 5.32 Å². The fourth-order valence-corrected chi connectivity index (χ4v) is 3.00. The molecule has 1 heterocycles. The third-order valence-electron chi connectivity index (χ3n) is 2.86. The molecule has 1 aliphatic heterocycles. The van der Waals surface area contributed by atoms with Crippen molar-refractivity contribution in [1.82, 2.24) is 0 Å². The summed E-state index contributed by atoms with van der Waals surface area (Å²) in [5, 5.41) is 3.40.